The van der Waals surface area contributed by atoms with Crippen molar-refractivity contribution in [2.24, 2.45) is 0 Å². The molecule has 200 valence electrons. The third kappa shape index (κ3) is 7.33. The molecule has 1 aliphatic rings. The van der Waals surface area contributed by atoms with Crippen LogP contribution >= 0.6 is 0 Å². The highest BCUT2D eigenvalue weighted by Gasteiger charge is 2.34. The lowest BCUT2D eigenvalue weighted by Crippen LogP contribution is -2.46. The van der Waals surface area contributed by atoms with Crippen molar-refractivity contribution in [1.82, 2.24) is 0 Å². The van der Waals surface area contributed by atoms with Crippen LogP contribution in [-0.2, 0) is 34.0 Å². The summed E-state index contributed by atoms with van der Waals surface area (Å²) in [5.74, 6) is 0.953. The fourth-order valence-corrected chi connectivity index (χ4v) is 4.46. The minimum Gasteiger partial charge on any atom is -0.482 e. The van der Waals surface area contributed by atoms with Gasteiger partial charge in [0.15, 0.2) is 0 Å². The predicted molar refractivity (Wildman–Crippen MR) is 149 cm³/mol. The van der Waals surface area contributed by atoms with Crippen LogP contribution in [-0.4, -0.2) is 24.9 Å². The van der Waals surface area contributed by atoms with Gasteiger partial charge in [0.25, 0.3) is 0 Å². The van der Waals surface area contributed by atoms with Crippen molar-refractivity contribution < 1.29 is 23.4 Å². The highest BCUT2D eigenvalue weighted by molar-refractivity contribution is 5.58. The maximum absolute atomic E-state index is 12.4. The molecule has 6 heteroatoms. The van der Waals surface area contributed by atoms with Crippen LogP contribution in [0.25, 0.3) is 6.08 Å². The second-order valence-electron chi connectivity index (χ2n) is 9.46. The molecule has 0 aliphatic carbocycles. The summed E-state index contributed by atoms with van der Waals surface area (Å²) in [7, 11) is 0. The van der Waals surface area contributed by atoms with Crippen molar-refractivity contribution in [3.63, 3.8) is 0 Å². The van der Waals surface area contributed by atoms with E-state index in [4.69, 9.17) is 23.4 Å². The van der Waals surface area contributed by atoms with Crippen LogP contribution in [0.15, 0.2) is 112 Å². The molecule has 0 fully saturated rings. The van der Waals surface area contributed by atoms with Crippen molar-refractivity contribution >= 4 is 6.08 Å². The fourth-order valence-electron chi connectivity index (χ4n) is 4.46. The maximum Gasteiger partial charge on any atom is 0.346 e. The molecule has 6 nitrogen and oxygen atoms in total. The lowest BCUT2D eigenvalue weighted by atomic mass is 10.0. The first-order chi connectivity index (χ1) is 19.2. The van der Waals surface area contributed by atoms with Crippen LogP contribution in [0.5, 0.6) is 5.75 Å². The van der Waals surface area contributed by atoms with Crippen molar-refractivity contribution in [2.75, 3.05) is 6.61 Å². The van der Waals surface area contributed by atoms with E-state index in [1.54, 1.807) is 19.1 Å². The van der Waals surface area contributed by atoms with Gasteiger partial charge in [-0.05, 0) is 35.8 Å². The molecule has 0 unspecified atom stereocenters. The molecule has 0 amide bonds. The Morgan fingerprint density at radius 1 is 0.769 bits per heavy atom. The average molecular weight is 525 g/mol. The number of hydrogen-bond acceptors (Lipinski definition) is 6. The van der Waals surface area contributed by atoms with Gasteiger partial charge >= 0.3 is 5.63 Å². The largest absolute Gasteiger partial charge is 0.482 e. The number of fused-ring (bicyclic) bond motifs is 1. The van der Waals surface area contributed by atoms with Gasteiger partial charge in [-0.1, -0.05) is 91.0 Å². The van der Waals surface area contributed by atoms with Crippen LogP contribution in [0.1, 0.15) is 28.0 Å². The fraction of sp³-hybridized carbons (Fsp3) is 0.242. The number of rotatable bonds is 12. The van der Waals surface area contributed by atoms with E-state index in [9.17, 15) is 4.79 Å². The molecular weight excluding hydrogens is 492 g/mol. The third-order valence-electron chi connectivity index (χ3n) is 6.47. The summed E-state index contributed by atoms with van der Waals surface area (Å²) in [6.07, 6.45) is 2.08. The second kappa shape index (κ2) is 13.2. The zero-order valence-electron chi connectivity index (χ0n) is 21.9. The van der Waals surface area contributed by atoms with Crippen LogP contribution < -0.4 is 10.4 Å². The molecule has 3 aromatic carbocycles. The molecule has 1 aromatic heterocycles. The standard InChI is InChI=1S/C33H32O6/c1-24-19-30-28(33(34)38-24)17-18-29(39-30)32(37-22-27-15-9-4-10-16-27)31(36-21-26-13-7-3-8-14-26)23-35-20-25-11-5-2-6-12-25/h2-19,29,31-32H,20-23H2,1H3/t29-,31+,32-/m0/s1. The number of hydrogen-bond donors (Lipinski definition) is 0. The van der Waals surface area contributed by atoms with E-state index in [0.29, 0.717) is 36.9 Å². The molecule has 2 heterocycles. The first-order valence-electron chi connectivity index (χ1n) is 13.1. The van der Waals surface area contributed by atoms with Crippen LogP contribution in [0.2, 0.25) is 0 Å². The Hall–Kier alpha value is -3.97. The zero-order valence-corrected chi connectivity index (χ0v) is 21.9. The Labute approximate surface area is 228 Å². The van der Waals surface area contributed by atoms with Crippen molar-refractivity contribution in [2.45, 2.75) is 45.1 Å². The molecule has 1 aliphatic heterocycles. The maximum atomic E-state index is 12.4. The van der Waals surface area contributed by atoms with Gasteiger partial charge in [0.2, 0.25) is 0 Å². The van der Waals surface area contributed by atoms with E-state index >= 15 is 0 Å². The van der Waals surface area contributed by atoms with Gasteiger partial charge in [-0.3, -0.25) is 0 Å². The van der Waals surface area contributed by atoms with E-state index in [1.165, 1.54) is 0 Å². The molecule has 4 aromatic rings. The van der Waals surface area contributed by atoms with E-state index in [0.717, 1.165) is 16.7 Å². The average Bonchev–Trinajstić information content (AvgIpc) is 2.97. The number of aryl methyl sites for hydroxylation is 1. The van der Waals surface area contributed by atoms with Gasteiger partial charge in [-0.25, -0.2) is 4.79 Å². The molecule has 5 rings (SSSR count). The molecule has 0 bridgehead atoms. The quantitative estimate of drug-likeness (QED) is 0.223. The van der Waals surface area contributed by atoms with Crippen LogP contribution in [0.4, 0.5) is 0 Å². The Morgan fingerprint density at radius 3 is 1.95 bits per heavy atom. The molecule has 0 saturated heterocycles. The Kier molecular flexibility index (Phi) is 9.01. The van der Waals surface area contributed by atoms with E-state index in [2.05, 4.69) is 0 Å². The lowest BCUT2D eigenvalue weighted by Gasteiger charge is -2.34. The highest BCUT2D eigenvalue weighted by Crippen LogP contribution is 2.28. The van der Waals surface area contributed by atoms with Crippen molar-refractivity contribution in [1.29, 1.82) is 0 Å². The van der Waals surface area contributed by atoms with Gasteiger partial charge in [0.05, 0.1) is 26.4 Å². The number of benzene rings is 3. The predicted octanol–water partition coefficient (Wildman–Crippen LogP) is 6.11. The zero-order chi connectivity index (χ0) is 26.9. The van der Waals surface area contributed by atoms with Gasteiger partial charge in [0, 0.05) is 6.07 Å². The van der Waals surface area contributed by atoms with Gasteiger partial charge in [0.1, 0.15) is 35.4 Å². The topological polar surface area (TPSA) is 67.1 Å². The summed E-state index contributed by atoms with van der Waals surface area (Å²) >= 11 is 0. The van der Waals surface area contributed by atoms with Gasteiger partial charge in [-0.2, -0.15) is 0 Å². The minimum absolute atomic E-state index is 0.289. The molecule has 0 radical (unpaired) electrons. The van der Waals surface area contributed by atoms with Crippen LogP contribution in [0, 0.1) is 6.92 Å². The van der Waals surface area contributed by atoms with Crippen LogP contribution in [0.3, 0.4) is 0 Å². The molecule has 0 saturated carbocycles. The van der Waals surface area contributed by atoms with E-state index < -0.39 is 23.9 Å². The summed E-state index contributed by atoms with van der Waals surface area (Å²) < 4.78 is 30.7. The highest BCUT2D eigenvalue weighted by atomic mass is 16.6. The summed E-state index contributed by atoms with van der Waals surface area (Å²) in [4.78, 5) is 12.4. The summed E-state index contributed by atoms with van der Waals surface area (Å²) in [5, 5.41) is 0. The number of ether oxygens (including phenoxy) is 4. The van der Waals surface area contributed by atoms with Gasteiger partial charge < -0.3 is 23.4 Å². The molecule has 3 atom stereocenters. The summed E-state index contributed by atoms with van der Waals surface area (Å²) in [6, 6.07) is 31.7. The first kappa shape index (κ1) is 26.6. The summed E-state index contributed by atoms with van der Waals surface area (Å²) in [5.41, 5.74) is 3.12. The molecular formula is C33H32O6. The Balaban J connectivity index is 1.40. The molecule has 0 spiro atoms. The third-order valence-corrected chi connectivity index (χ3v) is 6.47. The van der Waals surface area contributed by atoms with Crippen molar-refractivity contribution in [3.8, 4) is 5.75 Å². The Bertz CT molecular complexity index is 1400. The van der Waals surface area contributed by atoms with E-state index in [1.807, 2.05) is 97.1 Å². The van der Waals surface area contributed by atoms with Crippen molar-refractivity contribution in [3.05, 3.63) is 142 Å². The lowest BCUT2D eigenvalue weighted by molar-refractivity contribution is -0.140. The smallest absolute Gasteiger partial charge is 0.346 e. The second-order valence-corrected chi connectivity index (χ2v) is 9.46. The minimum atomic E-state index is -0.526. The Morgan fingerprint density at radius 2 is 1.33 bits per heavy atom. The molecule has 0 N–H and O–H groups in total. The van der Waals surface area contributed by atoms with E-state index in [-0.39, 0.29) is 6.61 Å². The van der Waals surface area contributed by atoms with Gasteiger partial charge in [-0.15, -0.1) is 0 Å². The summed E-state index contributed by atoms with van der Waals surface area (Å²) in [6.45, 7) is 3.22. The normalized spacial score (nSPS) is 15.8. The first-order valence-corrected chi connectivity index (χ1v) is 13.1. The SMILES string of the molecule is Cc1cc2c(c(=O)o1)C=C[C@@H]([C@H](OCc1ccccc1)[C@@H](COCc1ccccc1)OCc1ccccc1)O2. The molecule has 39 heavy (non-hydrogen) atoms. The monoisotopic (exact) mass is 524 g/mol.